The molecular weight excluding hydrogens is 600 g/mol. The van der Waals surface area contributed by atoms with Gasteiger partial charge in [0.05, 0.1) is 31.5 Å². The molecule has 0 aromatic carbocycles. The third kappa shape index (κ3) is 16.5. The van der Waals surface area contributed by atoms with Crippen LogP contribution in [-0.2, 0) is 27.5 Å². The van der Waals surface area contributed by atoms with Crippen molar-refractivity contribution in [1.82, 2.24) is 5.32 Å². The fourth-order valence-electron chi connectivity index (χ4n) is 4.47. The van der Waals surface area contributed by atoms with Crippen LogP contribution in [0.3, 0.4) is 0 Å². The predicted molar refractivity (Wildman–Crippen MR) is 165 cm³/mol. The second-order valence-electron chi connectivity index (χ2n) is 11.3. The number of nitrogens with one attached hydrogen (secondary N) is 1. The van der Waals surface area contributed by atoms with Crippen LogP contribution in [0.5, 0.6) is 0 Å². The number of aliphatic hydroxyl groups excluding tert-OH is 3. The third-order valence-corrected chi connectivity index (χ3v) is 10.0. The summed E-state index contributed by atoms with van der Waals surface area (Å²) >= 11 is 0. The first-order chi connectivity index (χ1) is 20.0. The minimum Gasteiger partial charge on any atom is -0.394 e. The first kappa shape index (κ1) is 39.6. The van der Waals surface area contributed by atoms with Crippen molar-refractivity contribution in [3.63, 3.8) is 0 Å². The minimum atomic E-state index is -4.99. The first-order valence-electron chi connectivity index (χ1n) is 14.5. The molecule has 2 unspecified atom stereocenters. The number of hydrogen-bond acceptors (Lipinski definition) is 9. The normalized spacial score (nSPS) is 26.4. The molecule has 1 rings (SSSR count). The molecule has 0 aromatic rings. The lowest BCUT2D eigenvalue weighted by Gasteiger charge is -2.42. The van der Waals surface area contributed by atoms with Crippen molar-refractivity contribution >= 4 is 21.3 Å². The minimum absolute atomic E-state index is 0.342. The van der Waals surface area contributed by atoms with Crippen LogP contribution in [0.25, 0.3) is 0 Å². The van der Waals surface area contributed by atoms with Crippen molar-refractivity contribution < 1.29 is 52.6 Å². The summed E-state index contributed by atoms with van der Waals surface area (Å²) in [5.74, 6) is -0.626. The molecule has 1 amide bonds. The molecule has 1 saturated heterocycles. The van der Waals surface area contributed by atoms with Crippen LogP contribution in [0.2, 0.25) is 0 Å². The van der Waals surface area contributed by atoms with Gasteiger partial charge in [-0.15, -0.1) is 0 Å². The highest BCUT2D eigenvalue weighted by Crippen LogP contribution is 2.60. The molecule has 0 radical (unpaired) electrons. The number of amides is 1. The molecule has 43 heavy (non-hydrogen) atoms. The van der Waals surface area contributed by atoms with Crippen molar-refractivity contribution in [2.75, 3.05) is 19.4 Å². The van der Waals surface area contributed by atoms with Crippen LogP contribution >= 0.6 is 15.4 Å². The zero-order valence-electron chi connectivity index (χ0n) is 26.1. The second-order valence-corrected chi connectivity index (χ2v) is 14.8. The Morgan fingerprint density at radius 2 is 1.33 bits per heavy atom. The van der Waals surface area contributed by atoms with Gasteiger partial charge in [-0.1, -0.05) is 46.6 Å². The Kier molecular flexibility index (Phi) is 17.6. The summed E-state index contributed by atoms with van der Waals surface area (Å²) in [5.41, 5.74) is 4.89. The molecule has 248 valence electrons. The number of rotatable bonds is 18. The van der Waals surface area contributed by atoms with Gasteiger partial charge in [0.2, 0.25) is 5.91 Å². The average molecular weight is 652 g/mol. The molecule has 14 heteroatoms. The summed E-state index contributed by atoms with van der Waals surface area (Å²) in [4.78, 5) is 31.9. The zero-order valence-corrected chi connectivity index (χ0v) is 27.9. The van der Waals surface area contributed by atoms with Gasteiger partial charge in [0.1, 0.15) is 18.3 Å². The van der Waals surface area contributed by atoms with Crippen molar-refractivity contribution in [3.8, 4) is 0 Å². The van der Waals surface area contributed by atoms with Gasteiger partial charge < -0.3 is 35.2 Å². The molecule has 0 saturated carbocycles. The number of phosphoric ester groups is 1. The number of carbonyl (C=O) groups is 1. The molecule has 0 spiro atoms. The molecule has 0 bridgehead atoms. The lowest BCUT2D eigenvalue weighted by molar-refractivity contribution is -0.190. The van der Waals surface area contributed by atoms with E-state index in [1.807, 2.05) is 6.92 Å². The van der Waals surface area contributed by atoms with Gasteiger partial charge in [0.15, 0.2) is 0 Å². The Bertz CT molecular complexity index is 1110. The molecule has 12 nitrogen and oxygen atoms in total. The van der Waals surface area contributed by atoms with E-state index in [1.54, 1.807) is 6.08 Å². The van der Waals surface area contributed by atoms with Gasteiger partial charge in [-0.3, -0.25) is 13.9 Å². The fraction of sp³-hybridized carbons (Fsp3) is 0.690. The molecule has 6 N–H and O–H groups in total. The Labute approximate surface area is 255 Å². The van der Waals surface area contributed by atoms with Crippen LogP contribution < -0.4 is 5.32 Å². The number of phosphoric acid groups is 1. The largest absolute Gasteiger partial charge is 0.479 e. The summed E-state index contributed by atoms with van der Waals surface area (Å²) in [6, 6.07) is -1.35. The maximum Gasteiger partial charge on any atom is 0.479 e. The SMILES string of the molecule is CC(=O)N[C@@H]1[C@@H](O)[C@H](O)[C@@H](CO)O[C@@H]1CP(=O)(O)OP(=O)(O)OC/C=C(/C)CC/C=C(/C)CC/C=C(/C)CCC=C(C)C. The third-order valence-electron chi connectivity index (χ3n) is 6.86. The Balaban J connectivity index is 2.58. The van der Waals surface area contributed by atoms with E-state index in [9.17, 15) is 39.0 Å². The molecule has 0 aliphatic carbocycles. The zero-order chi connectivity index (χ0) is 32.8. The van der Waals surface area contributed by atoms with E-state index in [-0.39, 0.29) is 6.61 Å². The van der Waals surface area contributed by atoms with Crippen LogP contribution in [0, 0.1) is 0 Å². The summed E-state index contributed by atoms with van der Waals surface area (Å²) in [5, 5.41) is 32.1. The summed E-state index contributed by atoms with van der Waals surface area (Å²) in [6.07, 6.45) is 6.89. The average Bonchev–Trinajstić information content (AvgIpc) is 2.87. The second kappa shape index (κ2) is 19.2. The molecule has 1 aliphatic heterocycles. The van der Waals surface area contributed by atoms with Crippen LogP contribution in [0.4, 0.5) is 0 Å². The smallest absolute Gasteiger partial charge is 0.394 e. The quantitative estimate of drug-likeness (QED) is 0.0907. The van der Waals surface area contributed by atoms with E-state index in [0.29, 0.717) is 6.42 Å². The lowest BCUT2D eigenvalue weighted by Crippen LogP contribution is -2.64. The number of aliphatic hydroxyl groups is 3. The van der Waals surface area contributed by atoms with Crippen LogP contribution in [0.15, 0.2) is 46.6 Å². The number of carbonyl (C=O) groups excluding carboxylic acids is 1. The Morgan fingerprint density at radius 3 is 1.81 bits per heavy atom. The van der Waals surface area contributed by atoms with Gasteiger partial charge in [-0.2, -0.15) is 0 Å². The highest BCUT2D eigenvalue weighted by molar-refractivity contribution is 7.64. The molecule has 1 fully saturated rings. The first-order valence-corrected chi connectivity index (χ1v) is 17.7. The van der Waals surface area contributed by atoms with Gasteiger partial charge >= 0.3 is 15.4 Å². The maximum absolute atomic E-state index is 12.7. The van der Waals surface area contributed by atoms with Crippen molar-refractivity contribution in [2.45, 2.75) is 111 Å². The van der Waals surface area contributed by atoms with Gasteiger partial charge in [0, 0.05) is 6.92 Å². The van der Waals surface area contributed by atoms with E-state index in [1.165, 1.54) is 16.7 Å². The van der Waals surface area contributed by atoms with Crippen LogP contribution in [0.1, 0.15) is 80.1 Å². The lowest BCUT2D eigenvalue weighted by atomic mass is 9.93. The van der Waals surface area contributed by atoms with Crippen molar-refractivity contribution in [3.05, 3.63) is 46.6 Å². The van der Waals surface area contributed by atoms with E-state index in [4.69, 9.17) is 9.26 Å². The van der Waals surface area contributed by atoms with E-state index in [2.05, 4.69) is 55.6 Å². The standard InChI is InChI=1S/C29H51NO11P2/c1-20(2)10-7-11-21(3)12-8-13-22(4)14-9-15-23(5)16-17-39-43(37,38)41-42(35,36)19-26-27(30-24(6)32)29(34)28(33)25(18-31)40-26/h10,12,14,16,25-29,31,33-34H,7-9,11,13,15,17-19H2,1-6H3,(H,30,32)(H,35,36)(H,37,38)/b21-12-,22-14-,23-16-/t25-,26-,27+,28-,29-/m1/s1. The van der Waals surface area contributed by atoms with Gasteiger partial charge in [0.25, 0.3) is 0 Å². The summed E-state index contributed by atoms with van der Waals surface area (Å²) in [6.45, 7) is 10.3. The molecule has 1 aliphatic rings. The monoisotopic (exact) mass is 651 g/mol. The molecule has 0 aromatic heterocycles. The number of allylic oxidation sites excluding steroid dienone is 7. The molecule has 1 heterocycles. The predicted octanol–water partition coefficient (Wildman–Crippen LogP) is 4.44. The topological polar surface area (TPSA) is 192 Å². The van der Waals surface area contributed by atoms with Gasteiger partial charge in [-0.25, -0.2) is 8.88 Å². The van der Waals surface area contributed by atoms with E-state index < -0.39 is 64.6 Å². The van der Waals surface area contributed by atoms with E-state index >= 15 is 0 Å². The highest BCUT2D eigenvalue weighted by atomic mass is 31.3. The maximum atomic E-state index is 12.7. The Hall–Kier alpha value is -1.43. The van der Waals surface area contributed by atoms with E-state index in [0.717, 1.165) is 44.6 Å². The summed E-state index contributed by atoms with van der Waals surface area (Å²) in [7, 11) is -9.88. The van der Waals surface area contributed by atoms with Crippen LogP contribution in [-0.4, -0.2) is 80.8 Å². The number of hydrogen-bond donors (Lipinski definition) is 6. The highest BCUT2D eigenvalue weighted by Gasteiger charge is 2.48. The Morgan fingerprint density at radius 1 is 0.814 bits per heavy atom. The molecular formula is C29H51NO11P2. The number of ether oxygens (including phenoxy) is 1. The van der Waals surface area contributed by atoms with Crippen molar-refractivity contribution in [2.24, 2.45) is 0 Å². The molecule has 7 atom stereocenters. The fourth-order valence-corrected chi connectivity index (χ4v) is 7.24. The van der Waals surface area contributed by atoms with Gasteiger partial charge in [-0.05, 0) is 73.1 Å². The van der Waals surface area contributed by atoms with Crippen molar-refractivity contribution in [1.29, 1.82) is 0 Å². The summed E-state index contributed by atoms with van der Waals surface area (Å²) < 4.78 is 39.9.